The van der Waals surface area contributed by atoms with Crippen molar-refractivity contribution in [3.8, 4) is 6.07 Å². The molecule has 0 amide bonds. The fourth-order valence-electron chi connectivity index (χ4n) is 0.647. The molecule has 0 aliphatic heterocycles. The molecule has 0 aromatic rings. The molecular weight excluding hydrogens is 226 g/mol. The van der Waals surface area contributed by atoms with E-state index in [4.69, 9.17) is 25.1 Å². The molecule has 1 N–H and O–H groups in total. The molecule has 0 rings (SSSR count). The Morgan fingerprint density at radius 3 is 2.00 bits per heavy atom. The van der Waals surface area contributed by atoms with E-state index in [1.807, 2.05) is 37.7 Å². The minimum absolute atomic E-state index is 0.653. The first kappa shape index (κ1) is 17.0. The molecule has 0 saturated heterocycles. The van der Waals surface area contributed by atoms with Crippen LogP contribution in [0.1, 0.15) is 0 Å². The largest absolute Gasteiger partial charge is 0.539 e. The normalized spacial score (nSPS) is 9.24. The fourth-order valence-corrected chi connectivity index (χ4v) is 0.647. The number of carboxylic acids is 2. The number of carboxylic acid groups (broad SMARTS) is 2. The van der Waals surface area contributed by atoms with Crippen molar-refractivity contribution in [3.05, 3.63) is 11.8 Å². The Labute approximate surface area is 99.5 Å². The highest BCUT2D eigenvalue weighted by Crippen LogP contribution is 1.88. The van der Waals surface area contributed by atoms with Gasteiger partial charge in [-0.25, -0.2) is 9.37 Å². The van der Waals surface area contributed by atoms with Gasteiger partial charge >= 0.3 is 5.97 Å². The quantitative estimate of drug-likeness (QED) is 0.262. The maximum Gasteiger partial charge on any atom is 0.351 e. The first-order valence-electron chi connectivity index (χ1n) is 4.44. The molecule has 0 heterocycles. The molecule has 0 aromatic carbocycles. The van der Waals surface area contributed by atoms with Crippen LogP contribution in [0.2, 0.25) is 0 Å². The van der Waals surface area contributed by atoms with E-state index >= 15 is 0 Å². The monoisotopic (exact) mass is 241 g/mol. The summed E-state index contributed by atoms with van der Waals surface area (Å²) >= 11 is 0. The minimum atomic E-state index is -2.07. The van der Waals surface area contributed by atoms with Crippen molar-refractivity contribution < 1.29 is 24.4 Å². The summed E-state index contributed by atoms with van der Waals surface area (Å²) < 4.78 is 1.85. The van der Waals surface area contributed by atoms with Crippen LogP contribution in [-0.4, -0.2) is 60.9 Å². The SMILES string of the molecule is CN(C)/C=C(/C#N)C=[N+](C)C.O=C([O-])C(=O)O. The van der Waals surface area contributed by atoms with Crippen molar-refractivity contribution in [2.45, 2.75) is 0 Å². The molecule has 0 aromatic heterocycles. The number of allylic oxidation sites excluding steroid dienone is 1. The zero-order valence-electron chi connectivity index (χ0n) is 10.2. The average molecular weight is 241 g/mol. The van der Waals surface area contributed by atoms with Crippen molar-refractivity contribution in [1.29, 1.82) is 5.26 Å². The highest BCUT2D eigenvalue weighted by atomic mass is 16.4. The molecule has 0 aliphatic carbocycles. The van der Waals surface area contributed by atoms with Gasteiger partial charge in [-0.3, -0.25) is 0 Å². The van der Waals surface area contributed by atoms with Gasteiger partial charge < -0.3 is 19.9 Å². The fraction of sp³-hybridized carbons (Fsp3) is 0.400. The Morgan fingerprint density at radius 1 is 1.41 bits per heavy atom. The molecule has 7 heteroatoms. The number of carbonyl (C=O) groups excluding carboxylic acids is 1. The molecule has 0 spiro atoms. The van der Waals surface area contributed by atoms with Crippen LogP contribution in [0, 0.1) is 11.3 Å². The van der Waals surface area contributed by atoms with Gasteiger partial charge in [-0.2, -0.15) is 5.26 Å². The zero-order valence-corrected chi connectivity index (χ0v) is 10.2. The average Bonchev–Trinajstić information content (AvgIpc) is 2.15. The van der Waals surface area contributed by atoms with E-state index in [0.29, 0.717) is 5.57 Å². The topological polar surface area (TPSA) is 107 Å². The first-order valence-corrected chi connectivity index (χ1v) is 4.44. The molecule has 0 atom stereocenters. The van der Waals surface area contributed by atoms with Crippen molar-refractivity contribution >= 4 is 18.2 Å². The molecule has 0 saturated carbocycles. The van der Waals surface area contributed by atoms with E-state index in [1.54, 1.807) is 12.4 Å². The summed E-state index contributed by atoms with van der Waals surface area (Å²) in [6.45, 7) is 0. The second-order valence-corrected chi connectivity index (χ2v) is 3.35. The number of nitrogens with zero attached hydrogens (tertiary/aromatic N) is 3. The van der Waals surface area contributed by atoms with Gasteiger partial charge in [-0.1, -0.05) is 0 Å². The van der Waals surface area contributed by atoms with Crippen LogP contribution in [-0.2, 0) is 9.59 Å². The number of aliphatic carboxylic acids is 2. The van der Waals surface area contributed by atoms with Crippen molar-refractivity contribution in [3.63, 3.8) is 0 Å². The van der Waals surface area contributed by atoms with Gasteiger partial charge in [0, 0.05) is 20.3 Å². The van der Waals surface area contributed by atoms with Crippen LogP contribution in [0.5, 0.6) is 0 Å². The van der Waals surface area contributed by atoms with E-state index in [0.717, 1.165) is 0 Å². The number of hydrogen-bond donors (Lipinski definition) is 1. The predicted octanol–water partition coefficient (Wildman–Crippen LogP) is -1.88. The maximum absolute atomic E-state index is 9.04. The second-order valence-electron chi connectivity index (χ2n) is 3.35. The first-order chi connectivity index (χ1) is 7.70. The minimum Gasteiger partial charge on any atom is -0.539 e. The van der Waals surface area contributed by atoms with Crippen LogP contribution in [0.15, 0.2) is 11.8 Å². The molecule has 0 unspecified atom stereocenters. The smallest absolute Gasteiger partial charge is 0.351 e. The Bertz CT molecular complexity index is 362. The van der Waals surface area contributed by atoms with E-state index in [9.17, 15) is 0 Å². The lowest BCUT2D eigenvalue weighted by atomic mass is 10.3. The standard InChI is InChI=1S/C8H14N3.C2H2O4/c1-10(2)6-8(5-9)7-11(3)4;3-1(4)2(5)6/h6-7H,1-4H3;(H,3,4)(H,5,6)/q+1;/p-1. The summed E-state index contributed by atoms with van der Waals surface area (Å²) in [5.41, 5.74) is 0.653. The van der Waals surface area contributed by atoms with Crippen LogP contribution >= 0.6 is 0 Å². The maximum atomic E-state index is 9.04. The Hall–Kier alpha value is -2.36. The van der Waals surface area contributed by atoms with Crippen molar-refractivity contribution in [2.24, 2.45) is 0 Å². The number of hydrogen-bond acceptors (Lipinski definition) is 5. The van der Waals surface area contributed by atoms with Gasteiger partial charge in [0.1, 0.15) is 25.7 Å². The predicted molar refractivity (Wildman–Crippen MR) is 58.2 cm³/mol. The van der Waals surface area contributed by atoms with Crippen molar-refractivity contribution in [1.82, 2.24) is 4.90 Å². The zero-order chi connectivity index (χ0) is 14.0. The number of carbonyl (C=O) groups is 2. The van der Waals surface area contributed by atoms with Gasteiger partial charge in [0.05, 0.1) is 0 Å². The van der Waals surface area contributed by atoms with E-state index in [1.165, 1.54) is 0 Å². The highest BCUT2D eigenvalue weighted by molar-refractivity contribution is 6.26. The van der Waals surface area contributed by atoms with E-state index in [-0.39, 0.29) is 0 Å². The Kier molecular flexibility index (Phi) is 8.93. The van der Waals surface area contributed by atoms with Gasteiger partial charge in [0.25, 0.3) is 0 Å². The number of nitriles is 1. The molecule has 0 fully saturated rings. The van der Waals surface area contributed by atoms with Crippen LogP contribution in [0.25, 0.3) is 0 Å². The van der Waals surface area contributed by atoms with Gasteiger partial charge in [0.2, 0.25) is 0 Å². The molecule has 0 aliphatic rings. The van der Waals surface area contributed by atoms with Crippen molar-refractivity contribution in [2.75, 3.05) is 28.2 Å². The lowest BCUT2D eigenvalue weighted by molar-refractivity contribution is -0.458. The van der Waals surface area contributed by atoms with Crippen LogP contribution in [0.3, 0.4) is 0 Å². The molecule has 7 nitrogen and oxygen atoms in total. The number of rotatable bonds is 2. The lowest BCUT2D eigenvalue weighted by Gasteiger charge is -2.02. The van der Waals surface area contributed by atoms with Gasteiger partial charge in [-0.05, 0) is 0 Å². The van der Waals surface area contributed by atoms with Crippen LogP contribution in [0.4, 0.5) is 0 Å². The second kappa shape index (κ2) is 8.91. The summed E-state index contributed by atoms with van der Waals surface area (Å²) in [6.07, 6.45) is 3.56. The van der Waals surface area contributed by atoms with Crippen LogP contribution < -0.4 is 5.11 Å². The third kappa shape index (κ3) is 13.6. The summed E-state index contributed by atoms with van der Waals surface area (Å²) in [5.74, 6) is -4.01. The Balaban J connectivity index is 0. The third-order valence-electron chi connectivity index (χ3n) is 1.10. The molecule has 0 radical (unpaired) electrons. The van der Waals surface area contributed by atoms with Gasteiger partial charge in [0.15, 0.2) is 12.2 Å². The molecular formula is C10H15N3O4. The van der Waals surface area contributed by atoms with E-state index < -0.39 is 11.9 Å². The van der Waals surface area contributed by atoms with Gasteiger partial charge in [-0.15, -0.1) is 0 Å². The van der Waals surface area contributed by atoms with E-state index in [2.05, 4.69) is 6.07 Å². The summed E-state index contributed by atoms with van der Waals surface area (Å²) in [7, 11) is 7.56. The third-order valence-corrected chi connectivity index (χ3v) is 1.10. The lowest BCUT2D eigenvalue weighted by Crippen LogP contribution is -2.30. The summed E-state index contributed by atoms with van der Waals surface area (Å²) in [6, 6.07) is 2.09. The highest BCUT2D eigenvalue weighted by Gasteiger charge is 1.95. The Morgan fingerprint density at radius 2 is 1.82 bits per heavy atom. The molecule has 17 heavy (non-hydrogen) atoms. The molecule has 0 bridgehead atoms. The molecule has 94 valence electrons. The summed E-state index contributed by atoms with van der Waals surface area (Å²) in [5, 5.41) is 24.9. The summed E-state index contributed by atoms with van der Waals surface area (Å²) in [4.78, 5) is 19.9.